The molecule has 3 nitrogen and oxygen atoms in total. The van der Waals surface area contributed by atoms with Crippen molar-refractivity contribution in [3.05, 3.63) is 18.2 Å². The topological polar surface area (TPSA) is 29.9 Å². The maximum Gasteiger partial charge on any atom is 0.105 e. The molecule has 0 aliphatic heterocycles. The van der Waals surface area contributed by atoms with E-state index in [-0.39, 0.29) is 0 Å². The van der Waals surface area contributed by atoms with Gasteiger partial charge in [-0.05, 0) is 38.8 Å². The second-order valence-corrected chi connectivity index (χ2v) is 4.09. The SMILES string of the molecule is CCNCC1CCC1n1ccnc1C. The van der Waals surface area contributed by atoms with Gasteiger partial charge in [0, 0.05) is 18.4 Å². The lowest BCUT2D eigenvalue weighted by Gasteiger charge is -2.38. The van der Waals surface area contributed by atoms with Gasteiger partial charge in [0.25, 0.3) is 0 Å². The third kappa shape index (κ3) is 1.69. The average Bonchev–Trinajstić information content (AvgIpc) is 2.51. The van der Waals surface area contributed by atoms with E-state index < -0.39 is 0 Å². The summed E-state index contributed by atoms with van der Waals surface area (Å²) in [7, 11) is 0. The lowest BCUT2D eigenvalue weighted by atomic mass is 9.79. The molecule has 1 N–H and O–H groups in total. The van der Waals surface area contributed by atoms with E-state index in [0.29, 0.717) is 6.04 Å². The number of nitrogens with zero attached hydrogens (tertiary/aromatic N) is 2. The fourth-order valence-corrected chi connectivity index (χ4v) is 2.22. The molecule has 0 amide bonds. The quantitative estimate of drug-likeness (QED) is 0.789. The van der Waals surface area contributed by atoms with Crippen LogP contribution in [-0.2, 0) is 0 Å². The lowest BCUT2D eigenvalue weighted by molar-refractivity contribution is 0.175. The predicted octanol–water partition coefficient (Wildman–Crippen LogP) is 1.75. The second-order valence-electron chi connectivity index (χ2n) is 4.09. The van der Waals surface area contributed by atoms with Crippen molar-refractivity contribution < 1.29 is 0 Å². The van der Waals surface area contributed by atoms with E-state index in [1.807, 2.05) is 6.20 Å². The second kappa shape index (κ2) is 4.13. The number of hydrogen-bond acceptors (Lipinski definition) is 2. The molecule has 1 aromatic rings. The van der Waals surface area contributed by atoms with Crippen molar-refractivity contribution in [2.24, 2.45) is 5.92 Å². The molecule has 0 radical (unpaired) electrons. The highest BCUT2D eigenvalue weighted by molar-refractivity contribution is 4.98. The zero-order valence-electron chi connectivity index (χ0n) is 9.03. The summed E-state index contributed by atoms with van der Waals surface area (Å²) in [6.07, 6.45) is 6.68. The average molecular weight is 193 g/mol. The Hall–Kier alpha value is -0.830. The number of aromatic nitrogens is 2. The van der Waals surface area contributed by atoms with Crippen LogP contribution in [0.25, 0.3) is 0 Å². The highest BCUT2D eigenvalue weighted by atomic mass is 15.1. The minimum Gasteiger partial charge on any atom is -0.332 e. The number of rotatable bonds is 4. The van der Waals surface area contributed by atoms with E-state index in [4.69, 9.17) is 0 Å². The van der Waals surface area contributed by atoms with Crippen molar-refractivity contribution in [2.75, 3.05) is 13.1 Å². The highest BCUT2D eigenvalue weighted by Gasteiger charge is 2.32. The molecule has 0 aromatic carbocycles. The fraction of sp³-hybridized carbons (Fsp3) is 0.727. The normalized spacial score (nSPS) is 26.1. The maximum atomic E-state index is 4.28. The molecule has 1 fully saturated rings. The van der Waals surface area contributed by atoms with Gasteiger partial charge in [0.2, 0.25) is 0 Å². The summed E-state index contributed by atoms with van der Waals surface area (Å²) in [5.41, 5.74) is 0. The molecule has 0 saturated heterocycles. The molecule has 0 bridgehead atoms. The van der Waals surface area contributed by atoms with Gasteiger partial charge in [0.15, 0.2) is 0 Å². The van der Waals surface area contributed by atoms with Gasteiger partial charge in [0.05, 0.1) is 0 Å². The van der Waals surface area contributed by atoms with Gasteiger partial charge < -0.3 is 9.88 Å². The minimum absolute atomic E-state index is 0.691. The summed E-state index contributed by atoms with van der Waals surface area (Å²) in [6.45, 7) is 6.48. The van der Waals surface area contributed by atoms with Crippen LogP contribution >= 0.6 is 0 Å². The highest BCUT2D eigenvalue weighted by Crippen LogP contribution is 2.38. The third-order valence-electron chi connectivity index (χ3n) is 3.25. The van der Waals surface area contributed by atoms with Crippen molar-refractivity contribution >= 4 is 0 Å². The molecular formula is C11H19N3. The third-order valence-corrected chi connectivity index (χ3v) is 3.25. The van der Waals surface area contributed by atoms with Crippen LogP contribution in [0.4, 0.5) is 0 Å². The molecule has 78 valence electrons. The number of nitrogens with one attached hydrogen (secondary N) is 1. The van der Waals surface area contributed by atoms with E-state index in [0.717, 1.165) is 24.8 Å². The van der Waals surface area contributed by atoms with Crippen LogP contribution in [-0.4, -0.2) is 22.6 Å². The number of imidazole rings is 1. The van der Waals surface area contributed by atoms with Gasteiger partial charge in [-0.25, -0.2) is 4.98 Å². The molecule has 2 unspecified atom stereocenters. The maximum absolute atomic E-state index is 4.28. The van der Waals surface area contributed by atoms with Gasteiger partial charge in [-0.3, -0.25) is 0 Å². The van der Waals surface area contributed by atoms with E-state index in [1.165, 1.54) is 12.8 Å². The van der Waals surface area contributed by atoms with Crippen LogP contribution in [0.2, 0.25) is 0 Å². The van der Waals surface area contributed by atoms with Crippen molar-refractivity contribution in [1.29, 1.82) is 0 Å². The molecule has 2 rings (SSSR count). The Balaban J connectivity index is 1.96. The first kappa shape index (κ1) is 9.71. The summed E-state index contributed by atoms with van der Waals surface area (Å²) < 4.78 is 2.32. The molecule has 2 atom stereocenters. The minimum atomic E-state index is 0.691. The van der Waals surface area contributed by atoms with Gasteiger partial charge in [-0.15, -0.1) is 0 Å². The zero-order chi connectivity index (χ0) is 9.97. The molecule has 3 heteroatoms. The molecule has 1 aliphatic rings. The summed E-state index contributed by atoms with van der Waals surface area (Å²) in [6, 6.07) is 0.691. The molecule has 0 spiro atoms. The molecule has 1 aliphatic carbocycles. The Kier molecular flexibility index (Phi) is 2.87. The molecule has 14 heavy (non-hydrogen) atoms. The smallest absolute Gasteiger partial charge is 0.105 e. The van der Waals surface area contributed by atoms with Crippen molar-refractivity contribution in [3.8, 4) is 0 Å². The number of aryl methyl sites for hydroxylation is 1. The Morgan fingerprint density at radius 2 is 2.43 bits per heavy atom. The van der Waals surface area contributed by atoms with Crippen LogP contribution in [0.1, 0.15) is 31.6 Å². The van der Waals surface area contributed by atoms with E-state index in [1.54, 1.807) is 0 Å². The lowest BCUT2D eigenvalue weighted by Crippen LogP contribution is -2.37. The van der Waals surface area contributed by atoms with Crippen molar-refractivity contribution in [1.82, 2.24) is 14.9 Å². The van der Waals surface area contributed by atoms with Crippen LogP contribution < -0.4 is 5.32 Å². The van der Waals surface area contributed by atoms with Crippen molar-refractivity contribution in [2.45, 2.75) is 32.7 Å². The van der Waals surface area contributed by atoms with E-state index >= 15 is 0 Å². The van der Waals surface area contributed by atoms with Crippen LogP contribution in [0.15, 0.2) is 12.4 Å². The summed E-state index contributed by atoms with van der Waals surface area (Å²) in [5, 5.41) is 3.43. The summed E-state index contributed by atoms with van der Waals surface area (Å²) in [4.78, 5) is 4.28. The van der Waals surface area contributed by atoms with Gasteiger partial charge in [-0.1, -0.05) is 6.92 Å². The predicted molar refractivity (Wildman–Crippen MR) is 57.3 cm³/mol. The summed E-state index contributed by atoms with van der Waals surface area (Å²) >= 11 is 0. The molecule has 1 saturated carbocycles. The first-order valence-corrected chi connectivity index (χ1v) is 5.53. The summed E-state index contributed by atoms with van der Waals surface area (Å²) in [5.74, 6) is 1.96. The van der Waals surface area contributed by atoms with Crippen LogP contribution in [0, 0.1) is 12.8 Å². The first-order chi connectivity index (χ1) is 6.83. The Labute approximate surface area is 85.5 Å². The van der Waals surface area contributed by atoms with Gasteiger partial charge in [-0.2, -0.15) is 0 Å². The Bertz CT molecular complexity index is 292. The van der Waals surface area contributed by atoms with E-state index in [9.17, 15) is 0 Å². The Morgan fingerprint density at radius 3 is 2.93 bits per heavy atom. The van der Waals surface area contributed by atoms with Gasteiger partial charge in [0.1, 0.15) is 5.82 Å². The van der Waals surface area contributed by atoms with Crippen LogP contribution in [0.5, 0.6) is 0 Å². The van der Waals surface area contributed by atoms with Crippen LogP contribution in [0.3, 0.4) is 0 Å². The van der Waals surface area contributed by atoms with Gasteiger partial charge >= 0.3 is 0 Å². The largest absolute Gasteiger partial charge is 0.332 e. The van der Waals surface area contributed by atoms with E-state index in [2.05, 4.69) is 34.9 Å². The molecular weight excluding hydrogens is 174 g/mol. The molecule has 1 aromatic heterocycles. The number of hydrogen-bond donors (Lipinski definition) is 1. The zero-order valence-corrected chi connectivity index (χ0v) is 9.03. The first-order valence-electron chi connectivity index (χ1n) is 5.53. The fourth-order valence-electron chi connectivity index (χ4n) is 2.22. The van der Waals surface area contributed by atoms with Crippen molar-refractivity contribution in [3.63, 3.8) is 0 Å². The standard InChI is InChI=1S/C11H19N3/c1-3-12-8-10-4-5-11(10)14-7-6-13-9(14)2/h6-7,10-12H,3-5,8H2,1-2H3. The molecule has 1 heterocycles. The monoisotopic (exact) mass is 193 g/mol. The Morgan fingerprint density at radius 1 is 1.57 bits per heavy atom.